The molecule has 0 saturated carbocycles. The Morgan fingerprint density at radius 3 is 2.29 bits per heavy atom. The van der Waals surface area contributed by atoms with Gasteiger partial charge in [-0.1, -0.05) is 6.07 Å². The van der Waals surface area contributed by atoms with Crippen molar-refractivity contribution in [2.24, 2.45) is 0 Å². The fourth-order valence-corrected chi connectivity index (χ4v) is 3.62. The molecule has 0 spiro atoms. The maximum atomic E-state index is 13.0. The number of aryl methyl sites for hydroxylation is 2. The Morgan fingerprint density at radius 1 is 0.893 bits per heavy atom. The van der Waals surface area contributed by atoms with Gasteiger partial charge in [-0.15, -0.1) is 0 Å². The summed E-state index contributed by atoms with van der Waals surface area (Å²) in [5.74, 6) is 1.66. The fraction of sp³-hybridized carbons (Fsp3) is 0.350. The maximum absolute atomic E-state index is 13.0. The highest BCUT2D eigenvalue weighted by molar-refractivity contribution is 5.92. The van der Waals surface area contributed by atoms with E-state index in [4.69, 9.17) is 0 Å². The van der Waals surface area contributed by atoms with Gasteiger partial charge in [-0.25, -0.2) is 9.97 Å². The molecule has 2 aromatic heterocycles. The third-order valence-electron chi connectivity index (χ3n) is 4.94. The molecule has 1 aliphatic rings. The molecule has 146 valence electrons. The Morgan fingerprint density at radius 2 is 1.61 bits per heavy atom. The Kier molecular flexibility index (Phi) is 4.56. The molecule has 3 aromatic rings. The van der Waals surface area contributed by atoms with Crippen molar-refractivity contribution in [3.63, 3.8) is 0 Å². The Hall–Kier alpha value is -2.90. The summed E-state index contributed by atoms with van der Waals surface area (Å²) >= 11 is 0. The molecule has 0 amide bonds. The summed E-state index contributed by atoms with van der Waals surface area (Å²) < 4.78 is 38.9. The Bertz CT molecular complexity index is 990. The number of anilines is 2. The van der Waals surface area contributed by atoms with Gasteiger partial charge in [-0.05, 0) is 32.0 Å². The predicted molar refractivity (Wildman–Crippen MR) is 103 cm³/mol. The molecule has 1 aliphatic heterocycles. The van der Waals surface area contributed by atoms with E-state index in [0.29, 0.717) is 5.52 Å². The van der Waals surface area contributed by atoms with Crippen molar-refractivity contribution in [3.05, 3.63) is 53.6 Å². The highest BCUT2D eigenvalue weighted by atomic mass is 19.4. The Labute approximate surface area is 160 Å². The van der Waals surface area contributed by atoms with Crippen LogP contribution in [0.2, 0.25) is 0 Å². The molecule has 0 aliphatic carbocycles. The number of fused-ring (bicyclic) bond motifs is 1. The van der Waals surface area contributed by atoms with Crippen LogP contribution in [-0.2, 0) is 6.18 Å². The summed E-state index contributed by atoms with van der Waals surface area (Å²) in [4.78, 5) is 17.4. The van der Waals surface area contributed by atoms with Crippen molar-refractivity contribution in [3.8, 4) is 0 Å². The zero-order valence-corrected chi connectivity index (χ0v) is 15.7. The lowest BCUT2D eigenvalue weighted by Gasteiger charge is -2.37. The van der Waals surface area contributed by atoms with Crippen LogP contribution in [0.25, 0.3) is 10.9 Å². The SMILES string of the molecule is Cc1cc(N2CCN(c3ccnc4cc(C(F)(F)F)ccc34)CC2)nc(C)n1. The van der Waals surface area contributed by atoms with Gasteiger partial charge in [0.25, 0.3) is 0 Å². The van der Waals surface area contributed by atoms with Crippen LogP contribution in [-0.4, -0.2) is 41.1 Å². The number of alkyl halides is 3. The highest BCUT2D eigenvalue weighted by Crippen LogP contribution is 2.34. The second-order valence-corrected chi connectivity index (χ2v) is 6.95. The number of benzene rings is 1. The van der Waals surface area contributed by atoms with Crippen LogP contribution >= 0.6 is 0 Å². The minimum absolute atomic E-state index is 0.358. The summed E-state index contributed by atoms with van der Waals surface area (Å²) in [6.07, 6.45) is -2.80. The molecular formula is C20H20F3N5. The van der Waals surface area contributed by atoms with E-state index in [2.05, 4.69) is 24.8 Å². The normalized spacial score (nSPS) is 15.3. The molecule has 0 unspecified atom stereocenters. The van der Waals surface area contributed by atoms with E-state index in [1.165, 1.54) is 6.07 Å². The van der Waals surface area contributed by atoms with Crippen LogP contribution in [0.1, 0.15) is 17.1 Å². The van der Waals surface area contributed by atoms with E-state index in [-0.39, 0.29) is 0 Å². The topological polar surface area (TPSA) is 45.2 Å². The van der Waals surface area contributed by atoms with E-state index in [1.807, 2.05) is 26.0 Å². The van der Waals surface area contributed by atoms with Gasteiger partial charge in [0.05, 0.1) is 11.1 Å². The smallest absolute Gasteiger partial charge is 0.367 e. The lowest BCUT2D eigenvalue weighted by atomic mass is 10.1. The molecule has 1 aromatic carbocycles. The van der Waals surface area contributed by atoms with Crippen LogP contribution in [0.4, 0.5) is 24.7 Å². The van der Waals surface area contributed by atoms with Crippen molar-refractivity contribution in [2.45, 2.75) is 20.0 Å². The summed E-state index contributed by atoms with van der Waals surface area (Å²) in [6, 6.07) is 7.59. The summed E-state index contributed by atoms with van der Waals surface area (Å²) in [7, 11) is 0. The Balaban J connectivity index is 1.57. The number of hydrogen-bond donors (Lipinski definition) is 0. The largest absolute Gasteiger partial charge is 0.416 e. The fourth-order valence-electron chi connectivity index (χ4n) is 3.62. The molecule has 0 bridgehead atoms. The molecule has 28 heavy (non-hydrogen) atoms. The minimum Gasteiger partial charge on any atom is -0.367 e. The van der Waals surface area contributed by atoms with Crippen molar-refractivity contribution < 1.29 is 13.2 Å². The van der Waals surface area contributed by atoms with Crippen molar-refractivity contribution >= 4 is 22.4 Å². The van der Waals surface area contributed by atoms with E-state index < -0.39 is 11.7 Å². The third kappa shape index (κ3) is 3.58. The standard InChI is InChI=1S/C20H20F3N5/c1-13-11-19(26-14(2)25-13)28-9-7-27(8-10-28)18-5-6-24-17-12-15(20(21,22)23)3-4-16(17)18/h3-6,11-12H,7-10H2,1-2H3. The summed E-state index contributed by atoms with van der Waals surface area (Å²) in [6.45, 7) is 6.89. The summed E-state index contributed by atoms with van der Waals surface area (Å²) in [5, 5.41) is 0.734. The van der Waals surface area contributed by atoms with Gasteiger partial charge in [-0.2, -0.15) is 13.2 Å². The van der Waals surface area contributed by atoms with E-state index in [0.717, 1.165) is 66.7 Å². The molecular weight excluding hydrogens is 367 g/mol. The predicted octanol–water partition coefficient (Wildman–Crippen LogP) is 3.99. The molecule has 0 N–H and O–H groups in total. The van der Waals surface area contributed by atoms with Gasteiger partial charge < -0.3 is 9.80 Å². The quantitative estimate of drug-likeness (QED) is 0.665. The maximum Gasteiger partial charge on any atom is 0.416 e. The molecule has 1 fully saturated rings. The monoisotopic (exact) mass is 387 g/mol. The van der Waals surface area contributed by atoms with Crippen LogP contribution in [0.5, 0.6) is 0 Å². The van der Waals surface area contributed by atoms with Gasteiger partial charge >= 0.3 is 6.18 Å². The highest BCUT2D eigenvalue weighted by Gasteiger charge is 2.31. The first-order valence-corrected chi connectivity index (χ1v) is 9.09. The molecule has 8 heteroatoms. The molecule has 5 nitrogen and oxygen atoms in total. The van der Waals surface area contributed by atoms with E-state index in [9.17, 15) is 13.2 Å². The van der Waals surface area contributed by atoms with Crippen LogP contribution in [0.3, 0.4) is 0 Å². The zero-order chi connectivity index (χ0) is 19.9. The number of pyridine rings is 1. The number of nitrogens with zero attached hydrogens (tertiary/aromatic N) is 5. The van der Waals surface area contributed by atoms with Gasteiger partial charge in [0, 0.05) is 55.2 Å². The van der Waals surface area contributed by atoms with E-state index >= 15 is 0 Å². The van der Waals surface area contributed by atoms with Crippen molar-refractivity contribution in [1.82, 2.24) is 15.0 Å². The molecule has 3 heterocycles. The first-order valence-electron chi connectivity index (χ1n) is 9.09. The van der Waals surface area contributed by atoms with Crippen LogP contribution in [0.15, 0.2) is 36.5 Å². The second kappa shape index (κ2) is 6.92. The first kappa shape index (κ1) is 18.5. The van der Waals surface area contributed by atoms with Gasteiger partial charge in [0.15, 0.2) is 0 Å². The number of halogens is 3. The third-order valence-corrected chi connectivity index (χ3v) is 4.94. The van der Waals surface area contributed by atoms with Crippen LogP contribution in [0, 0.1) is 13.8 Å². The lowest BCUT2D eigenvalue weighted by Crippen LogP contribution is -2.47. The molecule has 1 saturated heterocycles. The van der Waals surface area contributed by atoms with Crippen LogP contribution < -0.4 is 9.80 Å². The zero-order valence-electron chi connectivity index (χ0n) is 15.7. The number of rotatable bonds is 2. The molecule has 0 radical (unpaired) electrons. The number of aromatic nitrogens is 3. The van der Waals surface area contributed by atoms with Gasteiger partial charge in [0.1, 0.15) is 11.6 Å². The lowest BCUT2D eigenvalue weighted by molar-refractivity contribution is -0.137. The van der Waals surface area contributed by atoms with Gasteiger partial charge in [0.2, 0.25) is 0 Å². The van der Waals surface area contributed by atoms with Crippen molar-refractivity contribution in [1.29, 1.82) is 0 Å². The first-order chi connectivity index (χ1) is 13.3. The minimum atomic E-state index is -4.37. The second-order valence-electron chi connectivity index (χ2n) is 6.95. The number of hydrogen-bond acceptors (Lipinski definition) is 5. The van der Waals surface area contributed by atoms with Gasteiger partial charge in [-0.3, -0.25) is 4.98 Å². The summed E-state index contributed by atoms with van der Waals surface area (Å²) in [5.41, 5.74) is 1.53. The average Bonchev–Trinajstić information content (AvgIpc) is 2.66. The average molecular weight is 387 g/mol. The number of piperazine rings is 1. The molecule has 0 atom stereocenters. The molecule has 4 rings (SSSR count). The van der Waals surface area contributed by atoms with Crippen molar-refractivity contribution in [2.75, 3.05) is 36.0 Å². The van der Waals surface area contributed by atoms with E-state index in [1.54, 1.807) is 6.20 Å².